The van der Waals surface area contributed by atoms with Crippen LogP contribution in [-0.4, -0.2) is 31.4 Å². The molecular formula is C11H22N2OS. The van der Waals surface area contributed by atoms with E-state index < -0.39 is 0 Å². The Kier molecular flexibility index (Phi) is 5.95. The number of methoxy groups -OCH3 is 1. The van der Waals surface area contributed by atoms with Crippen LogP contribution in [0.1, 0.15) is 32.6 Å². The van der Waals surface area contributed by atoms with E-state index in [9.17, 15) is 0 Å². The summed E-state index contributed by atoms with van der Waals surface area (Å²) in [5.41, 5.74) is 0. The lowest BCUT2D eigenvalue weighted by atomic mass is 9.86. The van der Waals surface area contributed by atoms with E-state index in [4.69, 9.17) is 17.0 Å². The molecule has 1 fully saturated rings. The molecule has 0 saturated heterocycles. The molecule has 1 aliphatic carbocycles. The van der Waals surface area contributed by atoms with Crippen LogP contribution in [0.5, 0.6) is 0 Å². The van der Waals surface area contributed by atoms with Gasteiger partial charge in [0.05, 0.1) is 6.61 Å². The molecule has 1 aliphatic rings. The lowest BCUT2D eigenvalue weighted by Gasteiger charge is -2.30. The molecule has 0 aromatic carbocycles. The predicted octanol–water partition coefficient (Wildman–Crippen LogP) is 1.68. The minimum atomic E-state index is 0.557. The zero-order chi connectivity index (χ0) is 11.1. The van der Waals surface area contributed by atoms with Crippen LogP contribution in [0, 0.1) is 5.92 Å². The van der Waals surface area contributed by atoms with Gasteiger partial charge in [-0.3, -0.25) is 0 Å². The van der Waals surface area contributed by atoms with Crippen LogP contribution >= 0.6 is 12.2 Å². The van der Waals surface area contributed by atoms with Gasteiger partial charge in [-0.2, -0.15) is 0 Å². The fourth-order valence-corrected chi connectivity index (χ4v) is 2.27. The van der Waals surface area contributed by atoms with Gasteiger partial charge in [0, 0.05) is 19.7 Å². The van der Waals surface area contributed by atoms with Gasteiger partial charge in [-0.15, -0.1) is 0 Å². The zero-order valence-corrected chi connectivity index (χ0v) is 10.5. The molecule has 3 nitrogen and oxygen atoms in total. The van der Waals surface area contributed by atoms with Gasteiger partial charge in [-0.05, 0) is 31.0 Å². The second-order valence-electron chi connectivity index (χ2n) is 4.26. The first kappa shape index (κ1) is 12.7. The molecule has 0 unspecified atom stereocenters. The van der Waals surface area contributed by atoms with Crippen molar-refractivity contribution < 1.29 is 4.74 Å². The van der Waals surface area contributed by atoms with Crippen molar-refractivity contribution in [3.8, 4) is 0 Å². The van der Waals surface area contributed by atoms with Crippen molar-refractivity contribution in [2.45, 2.75) is 38.6 Å². The van der Waals surface area contributed by atoms with Crippen molar-refractivity contribution in [1.29, 1.82) is 0 Å². The van der Waals surface area contributed by atoms with Crippen molar-refractivity contribution in [3.63, 3.8) is 0 Å². The Morgan fingerprint density at radius 3 is 2.80 bits per heavy atom. The molecule has 1 saturated carbocycles. The maximum absolute atomic E-state index is 5.22. The third kappa shape index (κ3) is 4.80. The number of ether oxygens (including phenoxy) is 1. The molecule has 0 amide bonds. The average Bonchev–Trinajstić information content (AvgIpc) is 2.22. The Morgan fingerprint density at radius 1 is 1.40 bits per heavy atom. The monoisotopic (exact) mass is 230 g/mol. The van der Waals surface area contributed by atoms with E-state index in [0.717, 1.165) is 17.6 Å². The summed E-state index contributed by atoms with van der Waals surface area (Å²) in [7, 11) is 1.70. The Bertz CT molecular complexity index is 199. The van der Waals surface area contributed by atoms with E-state index >= 15 is 0 Å². The van der Waals surface area contributed by atoms with Crippen LogP contribution in [-0.2, 0) is 4.74 Å². The largest absolute Gasteiger partial charge is 0.383 e. The zero-order valence-electron chi connectivity index (χ0n) is 9.71. The number of thiocarbonyl (C=S) groups is 1. The van der Waals surface area contributed by atoms with Crippen LogP contribution in [0.4, 0.5) is 0 Å². The van der Waals surface area contributed by atoms with Crippen molar-refractivity contribution in [3.05, 3.63) is 0 Å². The van der Waals surface area contributed by atoms with Crippen LogP contribution in [0.3, 0.4) is 0 Å². The standard InChI is InChI=1S/C11H22N2OS/c1-9-5-3-4-6-10(9)13-11(15)12-7-8-14-2/h9-10H,3-8H2,1-2H3,(H2,12,13,15)/t9-,10-/m1/s1. The molecule has 0 aromatic rings. The van der Waals surface area contributed by atoms with Gasteiger partial charge in [0.1, 0.15) is 0 Å². The molecule has 2 atom stereocenters. The quantitative estimate of drug-likeness (QED) is 0.569. The van der Waals surface area contributed by atoms with Crippen molar-refractivity contribution in [2.75, 3.05) is 20.3 Å². The average molecular weight is 230 g/mol. The summed E-state index contributed by atoms with van der Waals surface area (Å²) in [6.07, 6.45) is 5.25. The summed E-state index contributed by atoms with van der Waals surface area (Å²) in [5.74, 6) is 0.737. The van der Waals surface area contributed by atoms with Crippen LogP contribution < -0.4 is 10.6 Å². The molecule has 0 heterocycles. The second kappa shape index (κ2) is 7.01. The Morgan fingerprint density at radius 2 is 2.13 bits per heavy atom. The highest BCUT2D eigenvalue weighted by Crippen LogP contribution is 2.23. The Labute approximate surface area is 98.0 Å². The second-order valence-corrected chi connectivity index (χ2v) is 4.67. The van der Waals surface area contributed by atoms with Gasteiger partial charge in [-0.1, -0.05) is 19.8 Å². The molecule has 88 valence electrons. The maximum Gasteiger partial charge on any atom is 0.166 e. The SMILES string of the molecule is COCCNC(=S)N[C@@H]1CCCC[C@H]1C. The van der Waals surface area contributed by atoms with Gasteiger partial charge >= 0.3 is 0 Å². The Balaban J connectivity index is 2.18. The summed E-state index contributed by atoms with van der Waals surface area (Å²) < 4.78 is 4.95. The summed E-state index contributed by atoms with van der Waals surface area (Å²) >= 11 is 5.22. The summed E-state index contributed by atoms with van der Waals surface area (Å²) in [6.45, 7) is 3.78. The fourth-order valence-electron chi connectivity index (χ4n) is 2.02. The Hall–Kier alpha value is -0.350. The molecule has 0 aromatic heterocycles. The van der Waals surface area contributed by atoms with Gasteiger partial charge < -0.3 is 15.4 Å². The fraction of sp³-hybridized carbons (Fsp3) is 0.909. The van der Waals surface area contributed by atoms with E-state index in [1.807, 2.05) is 0 Å². The van der Waals surface area contributed by atoms with Crippen molar-refractivity contribution >= 4 is 17.3 Å². The molecule has 2 N–H and O–H groups in total. The molecule has 0 radical (unpaired) electrons. The highest BCUT2D eigenvalue weighted by atomic mass is 32.1. The van der Waals surface area contributed by atoms with Crippen LogP contribution in [0.2, 0.25) is 0 Å². The number of hydrogen-bond donors (Lipinski definition) is 2. The van der Waals surface area contributed by atoms with E-state index in [0.29, 0.717) is 12.6 Å². The van der Waals surface area contributed by atoms with Gasteiger partial charge in [0.15, 0.2) is 5.11 Å². The molecule has 0 aliphatic heterocycles. The lowest BCUT2D eigenvalue weighted by Crippen LogP contribution is -2.46. The minimum Gasteiger partial charge on any atom is -0.383 e. The van der Waals surface area contributed by atoms with Gasteiger partial charge in [0.25, 0.3) is 0 Å². The highest BCUT2D eigenvalue weighted by molar-refractivity contribution is 7.80. The summed E-state index contributed by atoms with van der Waals surface area (Å²) in [5, 5.41) is 7.31. The van der Waals surface area contributed by atoms with Crippen LogP contribution in [0.15, 0.2) is 0 Å². The first-order chi connectivity index (χ1) is 7.24. The molecule has 0 spiro atoms. The molecular weight excluding hydrogens is 208 g/mol. The topological polar surface area (TPSA) is 33.3 Å². The third-order valence-electron chi connectivity index (χ3n) is 3.02. The van der Waals surface area contributed by atoms with Gasteiger partial charge in [-0.25, -0.2) is 0 Å². The third-order valence-corrected chi connectivity index (χ3v) is 3.28. The van der Waals surface area contributed by atoms with E-state index in [1.165, 1.54) is 25.7 Å². The first-order valence-corrected chi connectivity index (χ1v) is 6.18. The number of hydrogen-bond acceptors (Lipinski definition) is 2. The molecule has 1 rings (SSSR count). The smallest absolute Gasteiger partial charge is 0.166 e. The molecule has 4 heteroatoms. The summed E-state index contributed by atoms with van der Waals surface area (Å²) in [6, 6.07) is 0.557. The number of nitrogens with one attached hydrogen (secondary N) is 2. The van der Waals surface area contributed by atoms with Crippen molar-refractivity contribution in [2.24, 2.45) is 5.92 Å². The number of rotatable bonds is 4. The molecule has 0 bridgehead atoms. The molecule has 15 heavy (non-hydrogen) atoms. The van der Waals surface area contributed by atoms with Crippen LogP contribution in [0.25, 0.3) is 0 Å². The first-order valence-electron chi connectivity index (χ1n) is 5.77. The summed E-state index contributed by atoms with van der Waals surface area (Å²) in [4.78, 5) is 0. The van der Waals surface area contributed by atoms with E-state index in [2.05, 4.69) is 17.6 Å². The highest BCUT2D eigenvalue weighted by Gasteiger charge is 2.21. The van der Waals surface area contributed by atoms with E-state index in [1.54, 1.807) is 7.11 Å². The van der Waals surface area contributed by atoms with Gasteiger partial charge in [0.2, 0.25) is 0 Å². The lowest BCUT2D eigenvalue weighted by molar-refractivity contribution is 0.203. The minimum absolute atomic E-state index is 0.557. The predicted molar refractivity (Wildman–Crippen MR) is 67.0 cm³/mol. The normalized spacial score (nSPS) is 26.0. The van der Waals surface area contributed by atoms with Crippen molar-refractivity contribution in [1.82, 2.24) is 10.6 Å². The maximum atomic E-state index is 5.22. The van der Waals surface area contributed by atoms with E-state index in [-0.39, 0.29) is 0 Å².